The van der Waals surface area contributed by atoms with Crippen LogP contribution in [0.1, 0.15) is 18.1 Å². The average molecular weight is 507 g/mol. The number of halogens is 1. The van der Waals surface area contributed by atoms with Gasteiger partial charge in [-0.1, -0.05) is 28.1 Å². The van der Waals surface area contributed by atoms with E-state index < -0.39 is 27.7 Å². The van der Waals surface area contributed by atoms with Gasteiger partial charge in [0, 0.05) is 17.0 Å². The van der Waals surface area contributed by atoms with Crippen LogP contribution in [0.3, 0.4) is 0 Å². The molecule has 0 atom stereocenters. The summed E-state index contributed by atoms with van der Waals surface area (Å²) in [5, 5.41) is 11.1. The van der Waals surface area contributed by atoms with Gasteiger partial charge in [0.2, 0.25) is 11.5 Å². The van der Waals surface area contributed by atoms with Crippen LogP contribution in [0, 0.1) is 10.1 Å². The summed E-state index contributed by atoms with van der Waals surface area (Å²) in [5.41, 5.74) is 0.408. The SMILES string of the molecule is COc1c(/C=C2\SC(=O)N(Cc3ccc(Br)cc3)C2=O)ccc(OC(C)=O)c1[N+](=O)[O-]. The van der Waals surface area contributed by atoms with Crippen LogP contribution in [0.5, 0.6) is 11.5 Å². The van der Waals surface area contributed by atoms with Crippen LogP contribution in [0.2, 0.25) is 0 Å². The first-order valence-electron chi connectivity index (χ1n) is 8.75. The lowest BCUT2D eigenvalue weighted by atomic mass is 10.1. The maximum Gasteiger partial charge on any atom is 0.353 e. The number of rotatable bonds is 6. The quantitative estimate of drug-likeness (QED) is 0.184. The number of nitrogens with zero attached hydrogens (tertiary/aromatic N) is 2. The fourth-order valence-corrected chi connectivity index (χ4v) is 3.95. The van der Waals surface area contributed by atoms with E-state index in [0.29, 0.717) is 0 Å². The van der Waals surface area contributed by atoms with Gasteiger partial charge in [-0.25, -0.2) is 0 Å². The molecule has 0 bridgehead atoms. The van der Waals surface area contributed by atoms with Crippen LogP contribution >= 0.6 is 27.7 Å². The molecule has 9 nitrogen and oxygen atoms in total. The molecule has 160 valence electrons. The minimum absolute atomic E-state index is 0.0925. The molecule has 2 aromatic carbocycles. The number of carbonyl (C=O) groups excluding carboxylic acids is 3. The largest absolute Gasteiger partial charge is 0.490 e. The van der Waals surface area contributed by atoms with Crippen molar-refractivity contribution in [3.05, 3.63) is 67.0 Å². The van der Waals surface area contributed by atoms with Crippen LogP contribution in [0.4, 0.5) is 10.5 Å². The van der Waals surface area contributed by atoms with Gasteiger partial charge in [-0.15, -0.1) is 0 Å². The Bertz CT molecular complexity index is 1120. The minimum Gasteiger partial charge on any atom is -0.490 e. The molecule has 1 heterocycles. The van der Waals surface area contributed by atoms with E-state index in [1.807, 2.05) is 0 Å². The Morgan fingerprint density at radius 1 is 1.23 bits per heavy atom. The molecule has 1 aliphatic heterocycles. The maximum atomic E-state index is 12.8. The molecule has 2 aromatic rings. The van der Waals surface area contributed by atoms with Gasteiger partial charge in [0.25, 0.3) is 11.1 Å². The highest BCUT2D eigenvalue weighted by molar-refractivity contribution is 9.10. The predicted molar refractivity (Wildman–Crippen MR) is 117 cm³/mol. The van der Waals surface area contributed by atoms with Crippen LogP contribution in [-0.4, -0.2) is 34.0 Å². The summed E-state index contributed by atoms with van der Waals surface area (Å²) in [6.45, 7) is 1.21. The van der Waals surface area contributed by atoms with Crippen molar-refractivity contribution in [2.45, 2.75) is 13.5 Å². The van der Waals surface area contributed by atoms with E-state index >= 15 is 0 Å². The van der Waals surface area contributed by atoms with E-state index in [4.69, 9.17) is 9.47 Å². The summed E-state index contributed by atoms with van der Waals surface area (Å²) in [7, 11) is 1.22. The Morgan fingerprint density at radius 3 is 2.48 bits per heavy atom. The normalized spacial score (nSPS) is 14.8. The molecule has 31 heavy (non-hydrogen) atoms. The standard InChI is InChI=1S/C20H15BrN2O7S/c1-11(24)30-15-8-5-13(18(29-2)17(15)23(27)28)9-16-19(25)22(20(26)31-16)10-12-3-6-14(21)7-4-12/h3-9H,10H2,1-2H3/b16-9-. The zero-order chi connectivity index (χ0) is 22.7. The molecule has 3 rings (SSSR count). The van der Waals surface area contributed by atoms with E-state index in [1.165, 1.54) is 25.3 Å². The maximum absolute atomic E-state index is 12.8. The van der Waals surface area contributed by atoms with E-state index in [9.17, 15) is 24.5 Å². The van der Waals surface area contributed by atoms with Crippen molar-refractivity contribution < 1.29 is 28.8 Å². The van der Waals surface area contributed by atoms with Crippen molar-refractivity contribution >= 4 is 56.6 Å². The van der Waals surface area contributed by atoms with Crippen molar-refractivity contribution in [3.63, 3.8) is 0 Å². The number of hydrogen-bond donors (Lipinski definition) is 0. The van der Waals surface area contributed by atoms with Crippen LogP contribution in [0.15, 0.2) is 45.8 Å². The van der Waals surface area contributed by atoms with Crippen LogP contribution in [-0.2, 0) is 16.1 Å². The molecular weight excluding hydrogens is 492 g/mol. The van der Waals surface area contributed by atoms with E-state index in [2.05, 4.69) is 15.9 Å². The van der Waals surface area contributed by atoms with Crippen molar-refractivity contribution in [2.75, 3.05) is 7.11 Å². The van der Waals surface area contributed by atoms with Gasteiger partial charge in [-0.3, -0.25) is 29.4 Å². The second-order valence-electron chi connectivity index (χ2n) is 6.28. The molecule has 0 N–H and O–H groups in total. The Morgan fingerprint density at radius 2 is 1.90 bits per heavy atom. The van der Waals surface area contributed by atoms with Gasteiger partial charge < -0.3 is 9.47 Å². The highest BCUT2D eigenvalue weighted by Crippen LogP contribution is 2.42. The lowest BCUT2D eigenvalue weighted by Crippen LogP contribution is -2.27. The Labute approximate surface area is 189 Å². The lowest BCUT2D eigenvalue weighted by Gasteiger charge is -2.12. The number of nitro groups is 1. The number of ether oxygens (including phenoxy) is 2. The highest BCUT2D eigenvalue weighted by atomic mass is 79.9. The molecule has 1 fully saturated rings. The van der Waals surface area contributed by atoms with Crippen molar-refractivity contribution in [1.82, 2.24) is 4.90 Å². The first-order valence-corrected chi connectivity index (χ1v) is 10.4. The summed E-state index contributed by atoms with van der Waals surface area (Å²) >= 11 is 4.05. The topological polar surface area (TPSA) is 116 Å². The molecule has 2 amide bonds. The lowest BCUT2D eigenvalue weighted by molar-refractivity contribution is -0.386. The molecule has 0 spiro atoms. The third-order valence-electron chi connectivity index (χ3n) is 4.18. The minimum atomic E-state index is -0.742. The fourth-order valence-electron chi connectivity index (χ4n) is 2.86. The van der Waals surface area contributed by atoms with Crippen molar-refractivity contribution in [2.24, 2.45) is 0 Å². The zero-order valence-corrected chi connectivity index (χ0v) is 18.7. The van der Waals surface area contributed by atoms with E-state index in [1.54, 1.807) is 24.3 Å². The van der Waals surface area contributed by atoms with Gasteiger partial charge in [0.15, 0.2) is 0 Å². The van der Waals surface area contributed by atoms with E-state index in [-0.39, 0.29) is 28.5 Å². The zero-order valence-electron chi connectivity index (χ0n) is 16.3. The van der Waals surface area contributed by atoms with Gasteiger partial charge in [0.05, 0.1) is 23.5 Å². The highest BCUT2D eigenvalue weighted by Gasteiger charge is 2.36. The molecule has 0 radical (unpaired) electrons. The smallest absolute Gasteiger partial charge is 0.353 e. The summed E-state index contributed by atoms with van der Waals surface area (Å²) in [5.74, 6) is -1.73. The number of amides is 2. The summed E-state index contributed by atoms with van der Waals surface area (Å²) in [6, 6.07) is 9.83. The summed E-state index contributed by atoms with van der Waals surface area (Å²) in [4.78, 5) is 48.4. The number of imide groups is 1. The molecule has 0 saturated carbocycles. The molecule has 0 aromatic heterocycles. The monoisotopic (exact) mass is 506 g/mol. The van der Waals surface area contributed by atoms with Crippen molar-refractivity contribution in [3.8, 4) is 11.5 Å². The number of methoxy groups -OCH3 is 1. The molecular formula is C20H15BrN2O7S. The molecule has 0 unspecified atom stereocenters. The first-order chi connectivity index (χ1) is 14.7. The van der Waals surface area contributed by atoms with Gasteiger partial charge in [0.1, 0.15) is 0 Å². The summed E-state index contributed by atoms with van der Waals surface area (Å²) < 4.78 is 10.9. The number of thioether (sulfide) groups is 1. The third-order valence-corrected chi connectivity index (χ3v) is 5.62. The fraction of sp³-hybridized carbons (Fsp3) is 0.150. The van der Waals surface area contributed by atoms with E-state index in [0.717, 1.165) is 33.6 Å². The Hall–Kier alpha value is -3.18. The van der Waals surface area contributed by atoms with Crippen LogP contribution in [0.25, 0.3) is 6.08 Å². The molecule has 11 heteroatoms. The molecule has 1 aliphatic rings. The number of carbonyl (C=O) groups is 3. The Balaban J connectivity index is 1.95. The second-order valence-corrected chi connectivity index (χ2v) is 8.19. The summed E-state index contributed by atoms with van der Waals surface area (Å²) in [6.07, 6.45) is 1.34. The molecule has 1 saturated heterocycles. The first kappa shape index (κ1) is 22.5. The van der Waals surface area contributed by atoms with Crippen molar-refractivity contribution in [1.29, 1.82) is 0 Å². The number of nitro benzene ring substituents is 1. The molecule has 0 aliphatic carbocycles. The number of esters is 1. The average Bonchev–Trinajstić information content (AvgIpc) is 2.97. The van der Waals surface area contributed by atoms with Crippen LogP contribution < -0.4 is 9.47 Å². The number of hydrogen-bond acceptors (Lipinski definition) is 8. The number of benzene rings is 2. The van der Waals surface area contributed by atoms with Gasteiger partial charge in [-0.2, -0.15) is 0 Å². The Kier molecular flexibility index (Phi) is 6.76. The van der Waals surface area contributed by atoms with Gasteiger partial charge in [-0.05, 0) is 47.7 Å². The predicted octanol–water partition coefficient (Wildman–Crippen LogP) is 4.53. The second kappa shape index (κ2) is 9.31. The third kappa shape index (κ3) is 4.94. The van der Waals surface area contributed by atoms with Gasteiger partial charge >= 0.3 is 11.7 Å².